The van der Waals surface area contributed by atoms with Crippen molar-refractivity contribution in [1.82, 2.24) is 0 Å². The molecule has 0 aliphatic carbocycles. The van der Waals surface area contributed by atoms with Gasteiger partial charge in [0.15, 0.2) is 0 Å². The zero-order chi connectivity index (χ0) is 15.2. The number of aliphatic carboxylic acids is 1. The first-order valence-corrected chi connectivity index (χ1v) is 7.93. The molecular formula is C18H19BrO2. The van der Waals surface area contributed by atoms with Crippen LogP contribution in [0.3, 0.4) is 0 Å². The van der Waals surface area contributed by atoms with Gasteiger partial charge in [-0.05, 0) is 48.1 Å². The fourth-order valence-corrected chi connectivity index (χ4v) is 2.84. The molecule has 0 aliphatic heterocycles. The zero-order valence-electron chi connectivity index (χ0n) is 12.1. The molecule has 2 aromatic rings. The standard InChI is InChI=1S/C18H19BrO2/c1-2-13-6-8-14(9-7-13)10-16(18(20)21)11-15-4-3-5-17(19)12-15/h3-9,12,16H,2,10-11H2,1H3,(H,20,21). The maximum atomic E-state index is 11.5. The maximum absolute atomic E-state index is 11.5. The second kappa shape index (κ2) is 7.41. The smallest absolute Gasteiger partial charge is 0.307 e. The summed E-state index contributed by atoms with van der Waals surface area (Å²) in [5, 5.41) is 9.45. The summed E-state index contributed by atoms with van der Waals surface area (Å²) in [4.78, 5) is 11.5. The second-order valence-electron chi connectivity index (χ2n) is 5.24. The average Bonchev–Trinajstić information content (AvgIpc) is 2.47. The number of carbonyl (C=O) groups is 1. The molecule has 2 nitrogen and oxygen atoms in total. The molecule has 1 N–H and O–H groups in total. The van der Waals surface area contributed by atoms with E-state index in [1.807, 2.05) is 36.4 Å². The molecule has 0 saturated carbocycles. The van der Waals surface area contributed by atoms with Gasteiger partial charge in [0.25, 0.3) is 0 Å². The van der Waals surface area contributed by atoms with Gasteiger partial charge in [-0.3, -0.25) is 4.79 Å². The van der Waals surface area contributed by atoms with Crippen molar-refractivity contribution >= 4 is 21.9 Å². The first-order chi connectivity index (χ1) is 10.1. The summed E-state index contributed by atoms with van der Waals surface area (Å²) in [6.45, 7) is 2.11. The minimum atomic E-state index is -0.741. The molecule has 0 aromatic heterocycles. The number of aryl methyl sites for hydroxylation is 1. The van der Waals surface area contributed by atoms with E-state index in [0.29, 0.717) is 12.8 Å². The largest absolute Gasteiger partial charge is 0.481 e. The molecule has 3 heteroatoms. The SMILES string of the molecule is CCc1ccc(CC(Cc2cccc(Br)c2)C(=O)O)cc1. The summed E-state index contributed by atoms with van der Waals surface area (Å²) in [6.07, 6.45) is 2.11. The third-order valence-corrected chi connectivity index (χ3v) is 4.13. The average molecular weight is 347 g/mol. The van der Waals surface area contributed by atoms with Gasteiger partial charge in [-0.15, -0.1) is 0 Å². The van der Waals surface area contributed by atoms with Crippen LogP contribution in [0.5, 0.6) is 0 Å². The zero-order valence-corrected chi connectivity index (χ0v) is 13.6. The highest BCUT2D eigenvalue weighted by molar-refractivity contribution is 9.10. The number of rotatable bonds is 6. The molecule has 1 unspecified atom stereocenters. The minimum absolute atomic E-state index is 0.397. The van der Waals surface area contributed by atoms with E-state index in [4.69, 9.17) is 0 Å². The second-order valence-corrected chi connectivity index (χ2v) is 6.16. The summed E-state index contributed by atoms with van der Waals surface area (Å²) < 4.78 is 0.983. The molecule has 0 fully saturated rings. The van der Waals surface area contributed by atoms with Crippen molar-refractivity contribution in [3.63, 3.8) is 0 Å². The quantitative estimate of drug-likeness (QED) is 0.836. The van der Waals surface area contributed by atoms with E-state index in [0.717, 1.165) is 22.0 Å². The van der Waals surface area contributed by atoms with Crippen LogP contribution in [0.2, 0.25) is 0 Å². The Morgan fingerprint density at radius 3 is 2.24 bits per heavy atom. The molecule has 0 saturated heterocycles. The normalized spacial score (nSPS) is 12.1. The van der Waals surface area contributed by atoms with Crippen molar-refractivity contribution in [2.45, 2.75) is 26.2 Å². The Bertz CT molecular complexity index is 605. The highest BCUT2D eigenvalue weighted by Crippen LogP contribution is 2.19. The lowest BCUT2D eigenvalue weighted by atomic mass is 9.92. The third kappa shape index (κ3) is 4.71. The summed E-state index contributed by atoms with van der Waals surface area (Å²) in [6, 6.07) is 16.1. The molecule has 0 aliphatic rings. The molecular weight excluding hydrogens is 328 g/mol. The molecule has 2 aromatic carbocycles. The molecule has 21 heavy (non-hydrogen) atoms. The Labute approximate surface area is 134 Å². The lowest BCUT2D eigenvalue weighted by molar-refractivity contribution is -0.141. The van der Waals surface area contributed by atoms with Crippen LogP contribution < -0.4 is 0 Å². The maximum Gasteiger partial charge on any atom is 0.307 e. The van der Waals surface area contributed by atoms with Crippen LogP contribution in [0.1, 0.15) is 23.6 Å². The highest BCUT2D eigenvalue weighted by atomic mass is 79.9. The Balaban J connectivity index is 2.10. The Morgan fingerprint density at radius 2 is 1.67 bits per heavy atom. The van der Waals surface area contributed by atoms with Gasteiger partial charge in [0.1, 0.15) is 0 Å². The molecule has 0 radical (unpaired) electrons. The summed E-state index contributed by atoms with van der Waals surface area (Å²) in [5.74, 6) is -1.14. The number of hydrogen-bond donors (Lipinski definition) is 1. The first-order valence-electron chi connectivity index (χ1n) is 7.13. The van der Waals surface area contributed by atoms with Crippen molar-refractivity contribution in [2.75, 3.05) is 0 Å². The number of hydrogen-bond acceptors (Lipinski definition) is 1. The number of benzene rings is 2. The van der Waals surface area contributed by atoms with Crippen LogP contribution in [0.15, 0.2) is 53.0 Å². The van der Waals surface area contributed by atoms with Gasteiger partial charge >= 0.3 is 5.97 Å². The number of halogens is 1. The van der Waals surface area contributed by atoms with Gasteiger partial charge in [-0.25, -0.2) is 0 Å². The lowest BCUT2D eigenvalue weighted by Gasteiger charge is -2.13. The van der Waals surface area contributed by atoms with Crippen LogP contribution in [-0.2, 0) is 24.1 Å². The summed E-state index contributed by atoms with van der Waals surface area (Å²) in [5.41, 5.74) is 3.40. The molecule has 0 heterocycles. The van der Waals surface area contributed by atoms with E-state index in [1.54, 1.807) is 0 Å². The minimum Gasteiger partial charge on any atom is -0.481 e. The Kier molecular flexibility index (Phi) is 5.57. The Morgan fingerprint density at radius 1 is 1.05 bits per heavy atom. The van der Waals surface area contributed by atoms with E-state index in [1.165, 1.54) is 5.56 Å². The Hall–Kier alpha value is -1.61. The third-order valence-electron chi connectivity index (χ3n) is 3.63. The van der Waals surface area contributed by atoms with E-state index in [-0.39, 0.29) is 0 Å². The fourth-order valence-electron chi connectivity index (χ4n) is 2.39. The van der Waals surface area contributed by atoms with Crippen molar-refractivity contribution in [2.24, 2.45) is 5.92 Å². The molecule has 0 bridgehead atoms. The predicted molar refractivity (Wildman–Crippen MR) is 88.5 cm³/mol. The van der Waals surface area contributed by atoms with E-state index >= 15 is 0 Å². The van der Waals surface area contributed by atoms with Crippen molar-refractivity contribution in [3.05, 3.63) is 69.7 Å². The van der Waals surface area contributed by atoms with Crippen LogP contribution in [0.25, 0.3) is 0 Å². The van der Waals surface area contributed by atoms with Crippen molar-refractivity contribution in [3.8, 4) is 0 Å². The first kappa shape index (κ1) is 15.8. The van der Waals surface area contributed by atoms with Gasteiger partial charge < -0.3 is 5.11 Å². The van der Waals surface area contributed by atoms with Crippen LogP contribution in [-0.4, -0.2) is 11.1 Å². The lowest BCUT2D eigenvalue weighted by Crippen LogP contribution is -2.19. The predicted octanol–water partition coefficient (Wildman–Crippen LogP) is 4.50. The summed E-state index contributed by atoms with van der Waals surface area (Å²) in [7, 11) is 0. The van der Waals surface area contributed by atoms with Crippen LogP contribution in [0.4, 0.5) is 0 Å². The van der Waals surface area contributed by atoms with Crippen molar-refractivity contribution in [1.29, 1.82) is 0 Å². The molecule has 0 spiro atoms. The van der Waals surface area contributed by atoms with E-state index < -0.39 is 11.9 Å². The van der Waals surface area contributed by atoms with Crippen molar-refractivity contribution < 1.29 is 9.90 Å². The highest BCUT2D eigenvalue weighted by Gasteiger charge is 2.18. The monoisotopic (exact) mass is 346 g/mol. The van der Waals surface area contributed by atoms with Crippen LogP contribution >= 0.6 is 15.9 Å². The fraction of sp³-hybridized carbons (Fsp3) is 0.278. The van der Waals surface area contributed by atoms with Gasteiger partial charge in [-0.1, -0.05) is 59.3 Å². The molecule has 1 atom stereocenters. The van der Waals surface area contributed by atoms with E-state index in [2.05, 4.69) is 35.0 Å². The summed E-state index contributed by atoms with van der Waals surface area (Å²) >= 11 is 3.42. The molecule has 0 amide bonds. The topological polar surface area (TPSA) is 37.3 Å². The van der Waals surface area contributed by atoms with E-state index in [9.17, 15) is 9.90 Å². The van der Waals surface area contributed by atoms with Gasteiger partial charge in [0.2, 0.25) is 0 Å². The molecule has 2 rings (SSSR count). The van der Waals surface area contributed by atoms with Gasteiger partial charge in [0.05, 0.1) is 5.92 Å². The number of carboxylic acids is 1. The van der Waals surface area contributed by atoms with Gasteiger partial charge in [0, 0.05) is 4.47 Å². The van der Waals surface area contributed by atoms with Gasteiger partial charge in [-0.2, -0.15) is 0 Å². The van der Waals surface area contributed by atoms with Crippen LogP contribution in [0, 0.1) is 5.92 Å². The number of carboxylic acid groups (broad SMARTS) is 1. The molecule has 110 valence electrons.